The van der Waals surface area contributed by atoms with Gasteiger partial charge in [-0.05, 0) is 31.4 Å². The van der Waals surface area contributed by atoms with E-state index in [9.17, 15) is 23.1 Å². The van der Waals surface area contributed by atoms with Gasteiger partial charge in [0.2, 0.25) is 15.9 Å². The van der Waals surface area contributed by atoms with Gasteiger partial charge in [-0.1, -0.05) is 38.0 Å². The Labute approximate surface area is 148 Å². The molecule has 1 aliphatic heterocycles. The van der Waals surface area contributed by atoms with Crippen LogP contribution in [0.2, 0.25) is 0 Å². The Balaban J connectivity index is 2.15. The van der Waals surface area contributed by atoms with Crippen molar-refractivity contribution in [2.24, 2.45) is 0 Å². The molecule has 1 saturated heterocycles. The fourth-order valence-electron chi connectivity index (χ4n) is 2.95. The van der Waals surface area contributed by atoms with Gasteiger partial charge in [-0.15, -0.1) is 0 Å². The van der Waals surface area contributed by atoms with Crippen LogP contribution in [0.1, 0.15) is 39.0 Å². The summed E-state index contributed by atoms with van der Waals surface area (Å²) in [6.07, 6.45) is 2.77. The third-order valence-corrected chi connectivity index (χ3v) is 6.24. The van der Waals surface area contributed by atoms with E-state index in [2.05, 4.69) is 5.32 Å². The van der Waals surface area contributed by atoms with Gasteiger partial charge in [0.05, 0.1) is 4.90 Å². The smallest absolute Gasteiger partial charge is 0.326 e. The quantitative estimate of drug-likeness (QED) is 0.725. The molecule has 2 atom stereocenters. The second-order valence-corrected chi connectivity index (χ2v) is 8.02. The number of hydrogen-bond acceptors (Lipinski definition) is 4. The highest BCUT2D eigenvalue weighted by Crippen LogP contribution is 2.26. The number of carboxylic acids is 1. The first kappa shape index (κ1) is 19.4. The summed E-state index contributed by atoms with van der Waals surface area (Å²) >= 11 is 0. The number of hydrogen-bond donors (Lipinski definition) is 2. The lowest BCUT2D eigenvalue weighted by atomic mass is 10.1. The van der Waals surface area contributed by atoms with Gasteiger partial charge in [0.25, 0.3) is 0 Å². The lowest BCUT2D eigenvalue weighted by Crippen LogP contribution is -2.50. The number of carboxylic acid groups (broad SMARTS) is 1. The number of amides is 1. The number of benzene rings is 1. The van der Waals surface area contributed by atoms with Crippen LogP contribution in [0.15, 0.2) is 35.2 Å². The molecule has 8 heteroatoms. The molecule has 0 saturated carbocycles. The molecule has 2 N–H and O–H groups in total. The maximum atomic E-state index is 12.8. The molecule has 1 aromatic carbocycles. The van der Waals surface area contributed by atoms with Gasteiger partial charge in [0, 0.05) is 6.54 Å². The Morgan fingerprint density at radius 3 is 2.60 bits per heavy atom. The third kappa shape index (κ3) is 4.58. The Bertz CT molecular complexity index is 705. The zero-order chi connectivity index (χ0) is 18.4. The summed E-state index contributed by atoms with van der Waals surface area (Å²) in [4.78, 5) is 24.0. The highest BCUT2D eigenvalue weighted by atomic mass is 32.2. The number of carbonyl (C=O) groups excluding carboxylic acids is 1. The summed E-state index contributed by atoms with van der Waals surface area (Å²) in [6, 6.07) is 6.10. The highest BCUT2D eigenvalue weighted by molar-refractivity contribution is 7.89. The Morgan fingerprint density at radius 2 is 2.00 bits per heavy atom. The average Bonchev–Trinajstić information content (AvgIpc) is 3.09. The van der Waals surface area contributed by atoms with Crippen molar-refractivity contribution in [2.45, 2.75) is 56.0 Å². The Kier molecular flexibility index (Phi) is 6.55. The predicted octanol–water partition coefficient (Wildman–Crippen LogP) is 1.60. The molecule has 2 unspecified atom stereocenters. The van der Waals surface area contributed by atoms with Gasteiger partial charge in [0.1, 0.15) is 12.1 Å². The first-order valence-electron chi connectivity index (χ1n) is 8.48. The van der Waals surface area contributed by atoms with Gasteiger partial charge in [-0.3, -0.25) is 4.79 Å². The van der Waals surface area contributed by atoms with Crippen LogP contribution in [0.25, 0.3) is 0 Å². The van der Waals surface area contributed by atoms with E-state index in [4.69, 9.17) is 0 Å². The van der Waals surface area contributed by atoms with Gasteiger partial charge >= 0.3 is 5.97 Å². The lowest BCUT2D eigenvalue weighted by Gasteiger charge is -2.25. The van der Waals surface area contributed by atoms with Crippen molar-refractivity contribution in [3.05, 3.63) is 30.3 Å². The Hall–Kier alpha value is -1.93. The molecule has 1 amide bonds. The number of nitrogens with zero attached hydrogens (tertiary/aromatic N) is 1. The van der Waals surface area contributed by atoms with Crippen LogP contribution in [-0.4, -0.2) is 48.3 Å². The van der Waals surface area contributed by atoms with E-state index in [1.165, 1.54) is 16.4 Å². The molecule has 0 bridgehead atoms. The van der Waals surface area contributed by atoms with E-state index >= 15 is 0 Å². The molecular formula is C17H24N2O5S. The van der Waals surface area contributed by atoms with Crippen molar-refractivity contribution in [3.63, 3.8) is 0 Å². The standard InChI is InChI=1S/C17H24N2O5S/c1-2-3-10-14(17(21)22)18-16(20)15-11-7-12-19(15)25(23,24)13-8-5-4-6-9-13/h4-6,8-9,14-15H,2-3,7,10-12H2,1H3,(H,18,20)(H,21,22). The number of rotatable bonds is 8. The number of carbonyl (C=O) groups is 2. The van der Waals surface area contributed by atoms with E-state index in [-0.39, 0.29) is 11.4 Å². The van der Waals surface area contributed by atoms with Gasteiger partial charge in [-0.2, -0.15) is 4.31 Å². The van der Waals surface area contributed by atoms with E-state index < -0.39 is 34.0 Å². The fourth-order valence-corrected chi connectivity index (χ4v) is 4.63. The highest BCUT2D eigenvalue weighted by Gasteiger charge is 2.40. The summed E-state index contributed by atoms with van der Waals surface area (Å²) < 4.78 is 26.7. The van der Waals surface area contributed by atoms with Crippen LogP contribution in [0.4, 0.5) is 0 Å². The van der Waals surface area contributed by atoms with Crippen LogP contribution in [-0.2, 0) is 19.6 Å². The molecule has 0 aliphatic carbocycles. The number of aliphatic carboxylic acids is 1. The summed E-state index contributed by atoms with van der Waals surface area (Å²) in [5, 5.41) is 11.8. The SMILES string of the molecule is CCCCC(NC(=O)C1CCCN1S(=O)(=O)c1ccccc1)C(=O)O. The molecule has 1 fully saturated rings. The van der Waals surface area contributed by atoms with Crippen LogP contribution in [0.5, 0.6) is 0 Å². The molecule has 138 valence electrons. The van der Waals surface area contributed by atoms with Crippen molar-refractivity contribution in [3.8, 4) is 0 Å². The van der Waals surface area contributed by atoms with Crippen LogP contribution < -0.4 is 5.32 Å². The first-order valence-corrected chi connectivity index (χ1v) is 9.92. The molecule has 25 heavy (non-hydrogen) atoms. The molecule has 1 aliphatic rings. The summed E-state index contributed by atoms with van der Waals surface area (Å²) in [5.41, 5.74) is 0. The fraction of sp³-hybridized carbons (Fsp3) is 0.529. The molecule has 1 aromatic rings. The van der Waals surface area contributed by atoms with Crippen molar-refractivity contribution in [1.29, 1.82) is 0 Å². The maximum absolute atomic E-state index is 12.8. The normalized spacial score (nSPS) is 19.5. The third-order valence-electron chi connectivity index (χ3n) is 4.32. The molecule has 0 radical (unpaired) electrons. The second kappa shape index (κ2) is 8.44. The van der Waals surface area contributed by atoms with Gasteiger partial charge in [0.15, 0.2) is 0 Å². The van der Waals surface area contributed by atoms with Crippen LogP contribution >= 0.6 is 0 Å². The van der Waals surface area contributed by atoms with Crippen molar-refractivity contribution in [2.75, 3.05) is 6.54 Å². The number of unbranched alkanes of at least 4 members (excludes halogenated alkanes) is 1. The minimum Gasteiger partial charge on any atom is -0.480 e. The lowest BCUT2D eigenvalue weighted by molar-refractivity contribution is -0.142. The van der Waals surface area contributed by atoms with E-state index in [0.29, 0.717) is 25.7 Å². The minimum absolute atomic E-state index is 0.135. The average molecular weight is 368 g/mol. The zero-order valence-corrected chi connectivity index (χ0v) is 15.0. The van der Waals surface area contributed by atoms with E-state index in [0.717, 1.165) is 6.42 Å². The van der Waals surface area contributed by atoms with Gasteiger partial charge < -0.3 is 10.4 Å². The predicted molar refractivity (Wildman–Crippen MR) is 92.4 cm³/mol. The molecular weight excluding hydrogens is 344 g/mol. The number of nitrogens with one attached hydrogen (secondary N) is 1. The van der Waals surface area contributed by atoms with Crippen molar-refractivity contribution in [1.82, 2.24) is 9.62 Å². The summed E-state index contributed by atoms with van der Waals surface area (Å²) in [6.45, 7) is 2.19. The van der Waals surface area contributed by atoms with Crippen molar-refractivity contribution >= 4 is 21.9 Å². The van der Waals surface area contributed by atoms with Crippen molar-refractivity contribution < 1.29 is 23.1 Å². The summed E-state index contributed by atoms with van der Waals surface area (Å²) in [7, 11) is -3.78. The monoisotopic (exact) mass is 368 g/mol. The molecule has 2 rings (SSSR count). The van der Waals surface area contributed by atoms with Gasteiger partial charge in [-0.25, -0.2) is 13.2 Å². The molecule has 7 nitrogen and oxygen atoms in total. The second-order valence-electron chi connectivity index (χ2n) is 6.13. The Morgan fingerprint density at radius 1 is 1.32 bits per heavy atom. The van der Waals surface area contributed by atoms with Crippen LogP contribution in [0.3, 0.4) is 0 Å². The zero-order valence-electron chi connectivity index (χ0n) is 14.2. The first-order chi connectivity index (χ1) is 11.9. The molecule has 0 aromatic heterocycles. The largest absolute Gasteiger partial charge is 0.480 e. The topological polar surface area (TPSA) is 104 Å². The number of sulfonamides is 1. The molecule has 0 spiro atoms. The van der Waals surface area contributed by atoms with E-state index in [1.54, 1.807) is 18.2 Å². The maximum Gasteiger partial charge on any atom is 0.326 e. The van der Waals surface area contributed by atoms with Crippen LogP contribution in [0, 0.1) is 0 Å². The van der Waals surface area contributed by atoms with E-state index in [1.807, 2.05) is 6.92 Å². The molecule has 1 heterocycles. The summed E-state index contributed by atoms with van der Waals surface area (Å²) in [5.74, 6) is -1.64. The minimum atomic E-state index is -3.78.